The van der Waals surface area contributed by atoms with E-state index in [1.54, 1.807) is 13.2 Å². The SMILES string of the molecule is Cn1ccnc1S(=O)(=O)N1CCC(COc2cc(-c3ccccc3)ncn2)CC1. The van der Waals surface area contributed by atoms with E-state index in [1.807, 2.05) is 36.4 Å². The molecule has 0 bridgehead atoms. The van der Waals surface area contributed by atoms with Crippen LogP contribution in [-0.2, 0) is 17.1 Å². The van der Waals surface area contributed by atoms with Gasteiger partial charge in [0.1, 0.15) is 6.33 Å². The van der Waals surface area contributed by atoms with E-state index in [1.165, 1.54) is 21.4 Å². The highest BCUT2D eigenvalue weighted by Crippen LogP contribution is 2.24. The number of aryl methyl sites for hydroxylation is 1. The van der Waals surface area contributed by atoms with Crippen LogP contribution in [-0.4, -0.2) is 51.9 Å². The lowest BCUT2D eigenvalue weighted by atomic mass is 9.99. The van der Waals surface area contributed by atoms with E-state index in [2.05, 4.69) is 15.0 Å². The van der Waals surface area contributed by atoms with Crippen LogP contribution in [0.3, 0.4) is 0 Å². The molecule has 8 nitrogen and oxygen atoms in total. The van der Waals surface area contributed by atoms with Crippen LogP contribution in [0.15, 0.2) is 60.3 Å². The van der Waals surface area contributed by atoms with Crippen LogP contribution in [0.4, 0.5) is 0 Å². The highest BCUT2D eigenvalue weighted by Gasteiger charge is 2.32. The summed E-state index contributed by atoms with van der Waals surface area (Å²) < 4.78 is 34.4. The maximum Gasteiger partial charge on any atom is 0.276 e. The van der Waals surface area contributed by atoms with Gasteiger partial charge < -0.3 is 9.30 Å². The van der Waals surface area contributed by atoms with Gasteiger partial charge in [-0.3, -0.25) is 0 Å². The van der Waals surface area contributed by atoms with E-state index in [0.29, 0.717) is 25.6 Å². The minimum absolute atomic E-state index is 0.0848. The van der Waals surface area contributed by atoms with Gasteiger partial charge in [-0.15, -0.1) is 0 Å². The first-order chi connectivity index (χ1) is 14.0. The maximum atomic E-state index is 12.7. The van der Waals surface area contributed by atoms with Crippen molar-refractivity contribution in [2.75, 3.05) is 19.7 Å². The number of hydrogen-bond donors (Lipinski definition) is 0. The van der Waals surface area contributed by atoms with Crippen molar-refractivity contribution in [3.05, 3.63) is 55.1 Å². The zero-order valence-corrected chi connectivity index (χ0v) is 17.0. The fourth-order valence-corrected chi connectivity index (χ4v) is 4.96. The number of rotatable bonds is 6. The second-order valence-corrected chi connectivity index (χ2v) is 8.92. The van der Waals surface area contributed by atoms with Gasteiger partial charge in [0.25, 0.3) is 10.0 Å². The average molecular weight is 414 g/mol. The topological polar surface area (TPSA) is 90.2 Å². The average Bonchev–Trinajstić information content (AvgIpc) is 3.20. The van der Waals surface area contributed by atoms with Crippen molar-refractivity contribution < 1.29 is 13.2 Å². The predicted molar refractivity (Wildman–Crippen MR) is 108 cm³/mol. The third kappa shape index (κ3) is 4.30. The number of ether oxygens (including phenoxy) is 1. The van der Waals surface area contributed by atoms with Gasteiger partial charge in [0.15, 0.2) is 0 Å². The Balaban J connectivity index is 1.33. The van der Waals surface area contributed by atoms with Gasteiger partial charge in [0.2, 0.25) is 11.0 Å². The molecule has 29 heavy (non-hydrogen) atoms. The smallest absolute Gasteiger partial charge is 0.276 e. The summed E-state index contributed by atoms with van der Waals surface area (Å²) in [4.78, 5) is 12.5. The van der Waals surface area contributed by atoms with Crippen LogP contribution >= 0.6 is 0 Å². The van der Waals surface area contributed by atoms with Crippen molar-refractivity contribution in [2.24, 2.45) is 13.0 Å². The second-order valence-electron chi connectivity index (χ2n) is 7.09. The Morgan fingerprint density at radius 3 is 2.55 bits per heavy atom. The van der Waals surface area contributed by atoms with Gasteiger partial charge in [-0.2, -0.15) is 4.31 Å². The van der Waals surface area contributed by atoms with E-state index in [9.17, 15) is 8.42 Å². The summed E-state index contributed by atoms with van der Waals surface area (Å²) in [5.41, 5.74) is 1.82. The maximum absolute atomic E-state index is 12.7. The van der Waals surface area contributed by atoms with E-state index in [4.69, 9.17) is 4.74 Å². The Morgan fingerprint density at radius 2 is 1.86 bits per heavy atom. The van der Waals surface area contributed by atoms with Gasteiger partial charge in [-0.25, -0.2) is 23.4 Å². The highest BCUT2D eigenvalue weighted by atomic mass is 32.2. The zero-order chi connectivity index (χ0) is 20.3. The normalized spacial score (nSPS) is 16.0. The molecule has 152 valence electrons. The number of nitrogens with zero attached hydrogens (tertiary/aromatic N) is 5. The third-order valence-corrected chi connectivity index (χ3v) is 7.00. The Hall–Kier alpha value is -2.78. The molecule has 0 spiro atoms. The molecule has 1 aliphatic heterocycles. The molecule has 3 heterocycles. The fourth-order valence-electron chi connectivity index (χ4n) is 3.42. The Morgan fingerprint density at radius 1 is 1.10 bits per heavy atom. The standard InChI is InChI=1S/C20H23N5O3S/c1-24-12-9-21-20(24)29(26,27)25-10-7-16(8-11-25)14-28-19-13-18(22-15-23-19)17-5-3-2-4-6-17/h2-6,9,12-13,15-16H,7-8,10-11,14H2,1H3. The quantitative estimate of drug-likeness (QED) is 0.616. The minimum atomic E-state index is -3.55. The number of imidazole rings is 1. The number of sulfonamides is 1. The van der Waals surface area contributed by atoms with E-state index in [-0.39, 0.29) is 11.1 Å². The van der Waals surface area contributed by atoms with Crippen molar-refractivity contribution in [1.82, 2.24) is 23.8 Å². The monoisotopic (exact) mass is 413 g/mol. The lowest BCUT2D eigenvalue weighted by Crippen LogP contribution is -2.40. The molecular formula is C20H23N5O3S. The van der Waals surface area contributed by atoms with Crippen molar-refractivity contribution in [2.45, 2.75) is 18.0 Å². The van der Waals surface area contributed by atoms with Gasteiger partial charge in [0, 0.05) is 44.2 Å². The zero-order valence-electron chi connectivity index (χ0n) is 16.2. The van der Waals surface area contributed by atoms with Crippen molar-refractivity contribution >= 4 is 10.0 Å². The Bertz CT molecular complexity index is 1060. The molecule has 1 saturated heterocycles. The molecule has 1 aliphatic rings. The summed E-state index contributed by atoms with van der Waals surface area (Å²) in [6, 6.07) is 11.7. The summed E-state index contributed by atoms with van der Waals surface area (Å²) in [6.07, 6.45) is 6.11. The molecule has 1 aromatic carbocycles. The molecule has 0 radical (unpaired) electrons. The lowest BCUT2D eigenvalue weighted by Gasteiger charge is -2.30. The summed E-state index contributed by atoms with van der Waals surface area (Å²) in [5, 5.41) is 0.0848. The molecule has 0 saturated carbocycles. The molecule has 2 aromatic heterocycles. The molecule has 3 aromatic rings. The minimum Gasteiger partial charge on any atom is -0.477 e. The fraction of sp³-hybridized carbons (Fsp3) is 0.350. The molecule has 0 aliphatic carbocycles. The lowest BCUT2D eigenvalue weighted by molar-refractivity contribution is 0.180. The van der Waals surface area contributed by atoms with Crippen LogP contribution in [0, 0.1) is 5.92 Å². The largest absolute Gasteiger partial charge is 0.477 e. The molecule has 0 N–H and O–H groups in total. The van der Waals surface area contributed by atoms with Gasteiger partial charge in [-0.05, 0) is 18.8 Å². The van der Waals surface area contributed by atoms with Crippen LogP contribution < -0.4 is 4.74 Å². The molecule has 0 amide bonds. The van der Waals surface area contributed by atoms with Crippen molar-refractivity contribution in [3.63, 3.8) is 0 Å². The third-order valence-electron chi connectivity index (χ3n) is 5.10. The van der Waals surface area contributed by atoms with E-state index < -0.39 is 10.0 Å². The number of aromatic nitrogens is 4. The van der Waals surface area contributed by atoms with E-state index in [0.717, 1.165) is 24.1 Å². The molecule has 9 heteroatoms. The first-order valence-corrected chi connectivity index (χ1v) is 11.0. The van der Waals surface area contributed by atoms with Crippen LogP contribution in [0.5, 0.6) is 5.88 Å². The first-order valence-electron chi connectivity index (χ1n) is 9.52. The molecule has 0 unspecified atom stereocenters. The van der Waals surface area contributed by atoms with Gasteiger partial charge >= 0.3 is 0 Å². The van der Waals surface area contributed by atoms with Crippen molar-refractivity contribution in [3.8, 4) is 17.1 Å². The highest BCUT2D eigenvalue weighted by molar-refractivity contribution is 7.89. The Kier molecular flexibility index (Phi) is 5.59. The predicted octanol–water partition coefficient (Wildman–Crippen LogP) is 2.36. The van der Waals surface area contributed by atoms with Gasteiger partial charge in [0.05, 0.1) is 12.3 Å². The second kappa shape index (κ2) is 8.30. The first kappa shape index (κ1) is 19.5. The van der Waals surface area contributed by atoms with Gasteiger partial charge in [-0.1, -0.05) is 30.3 Å². The van der Waals surface area contributed by atoms with Crippen molar-refractivity contribution in [1.29, 1.82) is 0 Å². The number of benzene rings is 1. The number of hydrogen-bond acceptors (Lipinski definition) is 6. The summed E-state index contributed by atoms with van der Waals surface area (Å²) in [7, 11) is -1.87. The Labute approximate surface area is 170 Å². The summed E-state index contributed by atoms with van der Waals surface area (Å²) in [5.74, 6) is 0.805. The molecule has 4 rings (SSSR count). The summed E-state index contributed by atoms with van der Waals surface area (Å²) in [6.45, 7) is 1.42. The van der Waals surface area contributed by atoms with Crippen LogP contribution in [0.2, 0.25) is 0 Å². The summed E-state index contributed by atoms with van der Waals surface area (Å²) >= 11 is 0. The molecule has 1 fully saturated rings. The van der Waals surface area contributed by atoms with Crippen LogP contribution in [0.1, 0.15) is 12.8 Å². The van der Waals surface area contributed by atoms with E-state index >= 15 is 0 Å². The van der Waals surface area contributed by atoms with Crippen LogP contribution in [0.25, 0.3) is 11.3 Å². The molecule has 0 atom stereocenters. The molecular weight excluding hydrogens is 390 g/mol. The number of piperidine rings is 1.